The number of fused-ring (bicyclic) bond motifs is 1. The molecule has 150 valence electrons. The summed E-state index contributed by atoms with van der Waals surface area (Å²) in [4.78, 5) is 34.6. The van der Waals surface area contributed by atoms with E-state index in [9.17, 15) is 14.0 Å². The van der Waals surface area contributed by atoms with Gasteiger partial charge in [-0.2, -0.15) is 0 Å². The third-order valence-corrected chi connectivity index (χ3v) is 5.26. The van der Waals surface area contributed by atoms with Crippen molar-refractivity contribution in [3.63, 3.8) is 0 Å². The summed E-state index contributed by atoms with van der Waals surface area (Å²) in [7, 11) is 0. The van der Waals surface area contributed by atoms with Crippen molar-refractivity contribution in [2.75, 3.05) is 11.4 Å². The minimum absolute atomic E-state index is 0.125. The van der Waals surface area contributed by atoms with Crippen LogP contribution in [0.4, 0.5) is 10.1 Å². The van der Waals surface area contributed by atoms with Crippen LogP contribution in [0.5, 0.6) is 0 Å². The van der Waals surface area contributed by atoms with Crippen LogP contribution in [0, 0.1) is 11.7 Å². The van der Waals surface area contributed by atoms with Crippen molar-refractivity contribution < 1.29 is 14.0 Å². The number of halogens is 1. The van der Waals surface area contributed by atoms with Crippen LogP contribution in [-0.4, -0.2) is 36.0 Å². The van der Waals surface area contributed by atoms with E-state index in [1.165, 1.54) is 17.2 Å². The summed E-state index contributed by atoms with van der Waals surface area (Å²) in [5.41, 5.74) is 8.92. The van der Waals surface area contributed by atoms with Crippen molar-refractivity contribution in [2.45, 2.75) is 13.1 Å². The van der Waals surface area contributed by atoms with Crippen LogP contribution in [0.2, 0.25) is 0 Å². The highest BCUT2D eigenvalue weighted by molar-refractivity contribution is 6.21. The summed E-state index contributed by atoms with van der Waals surface area (Å²) in [5, 5.41) is 0. The van der Waals surface area contributed by atoms with Crippen LogP contribution in [0.3, 0.4) is 0 Å². The Balaban J connectivity index is 1.82. The molecule has 2 atom stereocenters. The molecule has 2 unspecified atom stereocenters. The first-order valence-electron chi connectivity index (χ1n) is 9.48. The number of amides is 1. The lowest BCUT2D eigenvalue weighted by Gasteiger charge is -2.27. The maximum absolute atomic E-state index is 14.5. The molecule has 2 heterocycles. The van der Waals surface area contributed by atoms with Crippen molar-refractivity contribution in [3.8, 4) is 0 Å². The monoisotopic (exact) mass is 402 g/mol. The molecule has 0 saturated heterocycles. The molecule has 2 aliphatic rings. The number of para-hydroxylation sites is 1. The largest absolute Gasteiger partial charge is 0.303 e. The molecular formula is C23H19FN4O2. The van der Waals surface area contributed by atoms with E-state index in [0.29, 0.717) is 28.2 Å². The summed E-state index contributed by atoms with van der Waals surface area (Å²) >= 11 is 0. The zero-order valence-corrected chi connectivity index (χ0v) is 16.2. The van der Waals surface area contributed by atoms with Crippen molar-refractivity contribution in [2.24, 2.45) is 21.6 Å². The van der Waals surface area contributed by atoms with Gasteiger partial charge in [0.1, 0.15) is 11.8 Å². The molecule has 1 amide bonds. The van der Waals surface area contributed by atoms with Crippen molar-refractivity contribution >= 4 is 29.0 Å². The zero-order valence-electron chi connectivity index (χ0n) is 16.2. The van der Waals surface area contributed by atoms with Gasteiger partial charge in [0.05, 0.1) is 17.9 Å². The summed E-state index contributed by atoms with van der Waals surface area (Å²) < 4.78 is 14.5. The number of hydrogen-bond donors (Lipinski definition) is 1. The Morgan fingerprint density at radius 3 is 2.57 bits per heavy atom. The number of anilines is 1. The Morgan fingerprint density at radius 2 is 1.83 bits per heavy atom. The quantitative estimate of drug-likeness (QED) is 0.801. The molecule has 0 fully saturated rings. The average Bonchev–Trinajstić information content (AvgIpc) is 2.86. The lowest BCUT2D eigenvalue weighted by molar-refractivity contribution is -0.119. The van der Waals surface area contributed by atoms with Gasteiger partial charge < -0.3 is 10.6 Å². The molecule has 6 nitrogen and oxygen atoms in total. The first-order chi connectivity index (χ1) is 14.5. The molecule has 0 bridgehead atoms. The fourth-order valence-corrected chi connectivity index (χ4v) is 3.59. The van der Waals surface area contributed by atoms with E-state index >= 15 is 0 Å². The molecule has 7 heteroatoms. The number of carbonyl (C=O) groups excluding carboxylic acids is 2. The number of benzene rings is 2. The second-order valence-electron chi connectivity index (χ2n) is 7.06. The highest BCUT2D eigenvalue weighted by Crippen LogP contribution is 2.29. The molecule has 0 radical (unpaired) electrons. The first-order valence-corrected chi connectivity index (χ1v) is 9.48. The van der Waals surface area contributed by atoms with Crippen LogP contribution < -0.4 is 10.6 Å². The van der Waals surface area contributed by atoms with Gasteiger partial charge in [-0.3, -0.25) is 14.8 Å². The van der Waals surface area contributed by atoms with Crippen molar-refractivity contribution in [1.29, 1.82) is 0 Å². The lowest BCUT2D eigenvalue weighted by Crippen LogP contribution is -2.45. The average molecular weight is 402 g/mol. The molecular weight excluding hydrogens is 383 g/mol. The summed E-state index contributed by atoms with van der Waals surface area (Å²) in [6.45, 7) is 1.96. The SMILES string of the molecule is CC1C(=C=O)C=CN=C1CN1C(=O)C(N)N=C(c2ccccc2F)c2ccccc21. The van der Waals surface area contributed by atoms with Crippen LogP contribution in [0.15, 0.2) is 76.4 Å². The van der Waals surface area contributed by atoms with Crippen molar-refractivity contribution in [3.05, 3.63) is 83.3 Å². The fraction of sp³-hybridized carbons (Fsp3) is 0.174. The van der Waals surface area contributed by atoms with Gasteiger partial charge in [-0.1, -0.05) is 37.3 Å². The minimum Gasteiger partial charge on any atom is -0.303 e. The van der Waals surface area contributed by atoms with Gasteiger partial charge in [-0.05, 0) is 24.3 Å². The molecule has 0 spiro atoms. The Bertz CT molecular complexity index is 1160. The standard InChI is InChI=1S/C23H19FN4O2/c1-14-15(13-29)10-11-26-19(14)12-28-20-9-5-3-7-17(20)21(27-22(25)23(28)30)16-6-2-4-8-18(16)24/h2-11,14,22H,12,25H2,1H3. The maximum atomic E-state index is 14.5. The van der Waals surface area contributed by atoms with E-state index in [2.05, 4.69) is 9.98 Å². The molecule has 4 rings (SSSR count). The Kier molecular flexibility index (Phi) is 5.23. The summed E-state index contributed by atoms with van der Waals surface area (Å²) in [6.07, 6.45) is 1.92. The topological polar surface area (TPSA) is 88.1 Å². The molecule has 0 saturated carbocycles. The fourth-order valence-electron chi connectivity index (χ4n) is 3.59. The highest BCUT2D eigenvalue weighted by atomic mass is 19.1. The highest BCUT2D eigenvalue weighted by Gasteiger charge is 2.32. The van der Waals surface area contributed by atoms with E-state index < -0.39 is 17.9 Å². The van der Waals surface area contributed by atoms with E-state index in [1.54, 1.807) is 48.5 Å². The molecule has 2 aromatic carbocycles. The lowest BCUT2D eigenvalue weighted by atomic mass is 9.94. The molecule has 0 aliphatic carbocycles. The first kappa shape index (κ1) is 19.6. The molecule has 2 aromatic rings. The smallest absolute Gasteiger partial charge is 0.266 e. The number of rotatable bonds is 3. The number of aliphatic imine (C=N–C) groups is 2. The Labute approximate surface area is 172 Å². The molecule has 2 aliphatic heterocycles. The van der Waals surface area contributed by atoms with E-state index in [-0.39, 0.29) is 18.0 Å². The molecule has 30 heavy (non-hydrogen) atoms. The third-order valence-electron chi connectivity index (χ3n) is 5.26. The predicted molar refractivity (Wildman–Crippen MR) is 114 cm³/mol. The van der Waals surface area contributed by atoms with Crippen LogP contribution in [0.25, 0.3) is 0 Å². The van der Waals surface area contributed by atoms with Gasteiger partial charge in [0.2, 0.25) is 0 Å². The van der Waals surface area contributed by atoms with Gasteiger partial charge in [0.25, 0.3) is 5.91 Å². The number of benzodiazepines with no additional fused rings is 1. The summed E-state index contributed by atoms with van der Waals surface area (Å²) in [6, 6.07) is 13.4. The third kappa shape index (κ3) is 3.41. The maximum Gasteiger partial charge on any atom is 0.266 e. The Hall–Kier alpha value is -3.67. The van der Waals surface area contributed by atoms with Crippen LogP contribution >= 0.6 is 0 Å². The minimum atomic E-state index is -1.21. The number of allylic oxidation sites excluding steroid dienone is 2. The number of carbonyl (C=O) groups is 1. The second-order valence-corrected chi connectivity index (χ2v) is 7.06. The van der Waals surface area contributed by atoms with Gasteiger partial charge in [-0.25, -0.2) is 9.18 Å². The molecule has 2 N–H and O–H groups in total. The van der Waals surface area contributed by atoms with Crippen LogP contribution in [-0.2, 0) is 9.59 Å². The number of nitrogens with zero attached hydrogens (tertiary/aromatic N) is 3. The summed E-state index contributed by atoms with van der Waals surface area (Å²) in [5.74, 6) is 0.737. The van der Waals surface area contributed by atoms with E-state index in [4.69, 9.17) is 5.73 Å². The Morgan fingerprint density at radius 1 is 1.13 bits per heavy atom. The van der Waals surface area contributed by atoms with Crippen molar-refractivity contribution in [1.82, 2.24) is 0 Å². The predicted octanol–water partition coefficient (Wildman–Crippen LogP) is 2.66. The van der Waals surface area contributed by atoms with E-state index in [0.717, 1.165) is 0 Å². The van der Waals surface area contributed by atoms with E-state index in [1.807, 2.05) is 12.9 Å². The molecule has 0 aromatic heterocycles. The van der Waals surface area contributed by atoms with Crippen LogP contribution in [0.1, 0.15) is 18.1 Å². The number of nitrogens with two attached hydrogens (primary N) is 1. The van der Waals surface area contributed by atoms with Gasteiger partial charge >= 0.3 is 0 Å². The van der Waals surface area contributed by atoms with Gasteiger partial charge in [0, 0.05) is 34.5 Å². The van der Waals surface area contributed by atoms with Gasteiger partial charge in [-0.15, -0.1) is 0 Å². The second kappa shape index (κ2) is 7.99. The number of hydrogen-bond acceptors (Lipinski definition) is 5. The van der Waals surface area contributed by atoms with Gasteiger partial charge in [0.15, 0.2) is 6.17 Å². The normalized spacial score (nSPS) is 20.8. The zero-order chi connectivity index (χ0) is 21.3.